The molecule has 9 aromatic rings. The van der Waals surface area contributed by atoms with Crippen molar-refractivity contribution < 1.29 is 67.5 Å². The zero-order valence-electron chi connectivity index (χ0n) is 95.4. The van der Waals surface area contributed by atoms with Crippen molar-refractivity contribution in [2.24, 2.45) is 105 Å². The Hall–Kier alpha value is -11.2. The Morgan fingerprint density at radius 2 is 0.791 bits per heavy atom. The van der Waals surface area contributed by atoms with E-state index in [0.717, 1.165) is 101 Å². The number of carbonyl (C=O) groups is 4. The van der Waals surface area contributed by atoms with Crippen molar-refractivity contribution in [2.45, 2.75) is 320 Å². The van der Waals surface area contributed by atoms with Crippen molar-refractivity contribution in [1.29, 1.82) is 0 Å². The summed E-state index contributed by atoms with van der Waals surface area (Å²) in [6.45, 7) is 94.5. The van der Waals surface area contributed by atoms with Gasteiger partial charge in [-0.3, -0.25) is 25.1 Å². The minimum absolute atomic E-state index is 0.0521. The number of nitrogens with zero attached hydrogens (tertiary/aromatic N) is 12. The number of amides is 3. The molecule has 29 nitrogen and oxygen atoms in total. The number of nitrogens with one attached hydrogen (secondary N) is 3. The first kappa shape index (κ1) is 117. The Bertz CT molecular complexity index is 6230. The fourth-order valence-electron chi connectivity index (χ4n) is 24.1. The number of esters is 1. The van der Waals surface area contributed by atoms with Gasteiger partial charge >= 0.3 is 24.2 Å². The average Bonchev–Trinajstić information content (AvgIpc) is 1.66. The zero-order chi connectivity index (χ0) is 109. The van der Waals surface area contributed by atoms with Crippen LogP contribution in [0.2, 0.25) is 0 Å². The number of aromatic amines is 3. The number of rotatable bonds is 31. The second kappa shape index (κ2) is 48.8. The molecule has 3 saturated carbocycles. The molecule has 7 heterocycles. The van der Waals surface area contributed by atoms with Gasteiger partial charge in [0, 0.05) is 47.0 Å². The van der Waals surface area contributed by atoms with E-state index in [1.807, 2.05) is 6.11 Å². The number of likely N-dealkylation sites (N-methyl/N-ethyl adjacent to an activating group) is 1. The van der Waals surface area contributed by atoms with Gasteiger partial charge in [-0.25, -0.2) is 81.8 Å². The summed E-state index contributed by atoms with van der Waals surface area (Å²) in [6, 6.07) is 18.7. The highest BCUT2D eigenvalue weighted by molar-refractivity contribution is 5.86. The van der Waals surface area contributed by atoms with Crippen LogP contribution in [0, 0.1) is 158 Å². The molecule has 4 aliphatic rings. The predicted octanol–water partition coefficient (Wildman–Crippen LogP) is 28.3. The van der Waals surface area contributed by atoms with Gasteiger partial charge in [-0.15, -0.1) is 0 Å². The Balaban J connectivity index is 0.000000211. The van der Waals surface area contributed by atoms with E-state index < -0.39 is 30.3 Å². The van der Waals surface area contributed by atoms with E-state index in [0.29, 0.717) is 179 Å². The molecule has 3 aromatic carbocycles. The third kappa shape index (κ3) is 28.5. The van der Waals surface area contributed by atoms with Crippen molar-refractivity contribution in [3.63, 3.8) is 0 Å². The molecule has 3 N–H and O–H groups in total. The molecule has 6 aromatic heterocycles. The zero-order valence-corrected chi connectivity index (χ0v) is 95.4. The minimum Gasteiger partial charge on any atom is -0.467 e. The van der Waals surface area contributed by atoms with E-state index in [-0.39, 0.29) is 89.6 Å². The van der Waals surface area contributed by atoms with Crippen molar-refractivity contribution in [2.75, 3.05) is 74.4 Å². The Morgan fingerprint density at radius 3 is 1.09 bits per heavy atom. The molecule has 13 atom stereocenters. The molecule has 0 spiro atoms. The van der Waals surface area contributed by atoms with E-state index in [1.54, 1.807) is 20.6 Å². The molecule has 1 saturated heterocycles. The lowest BCUT2D eigenvalue weighted by Crippen LogP contribution is -2.42. The standard InChI is InChI=1S/C40H61N5O6.C40H57N5O4.C39H55N5O4/c1-25(2)18-28-19-27(4)22-33(40(8,9)10)31(28)24-32-34(41-11)37(51-38(46)44(14-16-49-47-12)15-17-50-48-13)45-36(32)42-35(43-45)29-20-26(3)21-30(23-29)39(5,6)7;1-23(2)16-26-17-25(4)20-31(40(8,9)10)29(26)22-30-33(41-11)36(49-38(47)44-15-13-14-32(44)37(46)48-12)45-35(30)42-34(43-45)27-18-24(3)19-28(21-27)39(5,6)7;1-14-46-47-16-15-43(13)37(45)48-36-33(40-12)31(23-30-27(17-24(2)3)18-26(5)21-32(30)39(9,10)11)35-41-34(42-44(35)36)28-19-25(4)20-29(22-28)38(6,7)8/h20-21,23,25,27-28,31,33H,14-19,22,24H2,1-10,12-13H3,(H,42,43);18-19,21,23,25-26,29,31-32H,13-17,20,22H2,1-10,12H3,(H,42,43);1,19-20,22,24,26-27,30,32H,15-18,21,23H2,2-11,13H3,(H,41,42). The Morgan fingerprint density at radius 1 is 0.466 bits per heavy atom. The molecule has 0 bridgehead atoms. The second-order valence-electron chi connectivity index (χ2n) is 50.7. The molecule has 4 fully saturated rings. The normalized spacial score (nSPS) is 21.0. The van der Waals surface area contributed by atoms with E-state index >= 15 is 0 Å². The third-order valence-corrected chi connectivity index (χ3v) is 31.1. The summed E-state index contributed by atoms with van der Waals surface area (Å²) < 4.78 is 28.4. The quantitative estimate of drug-likeness (QED) is 0.00909. The van der Waals surface area contributed by atoms with Crippen LogP contribution in [0.15, 0.2) is 54.6 Å². The Kier molecular flexibility index (Phi) is 38.6. The van der Waals surface area contributed by atoms with Gasteiger partial charge in [0.2, 0.25) is 17.6 Å². The van der Waals surface area contributed by atoms with E-state index in [9.17, 15) is 19.2 Å². The number of carbonyl (C=O) groups excluding carboxylic acids is 4. The summed E-state index contributed by atoms with van der Waals surface area (Å²) >= 11 is 0. The van der Waals surface area contributed by atoms with Crippen molar-refractivity contribution >= 4 is 58.3 Å². The van der Waals surface area contributed by atoms with Gasteiger partial charge in [0.25, 0.3) is 17.1 Å². The van der Waals surface area contributed by atoms with Gasteiger partial charge in [-0.05, 0) is 285 Å². The number of methoxy groups -OCH3 is 1. The van der Waals surface area contributed by atoms with Gasteiger partial charge < -0.3 is 28.7 Å². The van der Waals surface area contributed by atoms with Crippen LogP contribution in [0.1, 0.15) is 308 Å². The lowest BCUT2D eigenvalue weighted by molar-refractivity contribution is -0.278. The molecule has 3 amide bonds. The summed E-state index contributed by atoms with van der Waals surface area (Å²) in [5.74, 6) is 9.37. The lowest BCUT2D eigenvalue weighted by Gasteiger charge is -2.48. The summed E-state index contributed by atoms with van der Waals surface area (Å²) in [5, 5.41) is 10.3. The second-order valence-corrected chi connectivity index (χ2v) is 50.7. The molecular formula is C119H173N15O14. The molecule has 0 radical (unpaired) electrons. The molecule has 148 heavy (non-hydrogen) atoms. The minimum atomic E-state index is -0.710. The van der Waals surface area contributed by atoms with Crippen molar-refractivity contribution in [3.05, 3.63) is 139 Å². The van der Waals surface area contributed by atoms with Crippen LogP contribution in [0.4, 0.5) is 31.4 Å². The highest BCUT2D eigenvalue weighted by Gasteiger charge is 2.49. The van der Waals surface area contributed by atoms with Crippen LogP contribution in [0.25, 0.3) is 65.6 Å². The molecule has 3 aliphatic carbocycles. The van der Waals surface area contributed by atoms with Crippen molar-refractivity contribution in [3.8, 4) is 64.3 Å². The molecule has 1 aliphatic heterocycles. The first-order valence-electron chi connectivity index (χ1n) is 53.8. The number of benzene rings is 3. The first-order valence-corrected chi connectivity index (χ1v) is 53.8. The summed E-state index contributed by atoms with van der Waals surface area (Å²) in [7, 11) is 5.75. The number of hydrogen-bond acceptors (Lipinski definition) is 17. The van der Waals surface area contributed by atoms with Crippen molar-refractivity contribution in [1.82, 2.24) is 58.5 Å². The van der Waals surface area contributed by atoms with Crippen LogP contribution >= 0.6 is 0 Å². The van der Waals surface area contributed by atoms with E-state index in [2.05, 4.69) is 297 Å². The van der Waals surface area contributed by atoms with E-state index in [4.69, 9.17) is 84.5 Å². The SMILES string of the molecule is [C-]#[N+]c1c(CC2C(CC(C)C)CC(C)CC2C(C)(C)C)c2nc(-c3cc(C)cc(C(C)(C)C)c3)[nH]n2c1OC(=O)N(C)CCOOC#C.[C-]#[N+]c1c(CC2C(CC(C)C)CC(C)CC2C(C)(C)C)c2nc(-c3cc(C)cc(C(C)(C)C)c3)[nH]n2c1OC(=O)N(CCOOC)CCOOC.[C-]#[N+]c1c(CC2C(CC(C)C)CC(C)CC2C(C)(C)C)c2nc(-c3cc(C)cc(C(C)(C)C)c3)[nH]n2c1OC(=O)N1CCCC1C(=O)OC. The molecular weight excluding hydrogens is 1860 g/mol. The molecule has 13 rings (SSSR count). The maximum Gasteiger partial charge on any atom is 0.416 e. The number of aryl methyl sites for hydroxylation is 3. The number of terminal acetylenes is 1. The monoisotopic (exact) mass is 2040 g/mol. The summed E-state index contributed by atoms with van der Waals surface area (Å²) in [5.41, 5.74) is 15.1. The van der Waals surface area contributed by atoms with Crippen LogP contribution < -0.4 is 14.2 Å². The fourth-order valence-corrected chi connectivity index (χ4v) is 24.1. The first-order chi connectivity index (χ1) is 69.3. The predicted molar refractivity (Wildman–Crippen MR) is 584 cm³/mol. The van der Waals surface area contributed by atoms with Crippen LogP contribution in [-0.4, -0.2) is 163 Å². The highest BCUT2D eigenvalue weighted by Crippen LogP contribution is 2.57. The topological polar surface area (TPSA) is 283 Å². The van der Waals surface area contributed by atoms with Gasteiger partial charge in [0.1, 0.15) is 29.6 Å². The van der Waals surface area contributed by atoms with E-state index in [1.165, 1.54) is 59.1 Å². The number of fused-ring (bicyclic) bond motifs is 3. The lowest BCUT2D eigenvalue weighted by atomic mass is 9.57. The van der Waals surface area contributed by atoms with Gasteiger partial charge in [-0.2, -0.15) is 4.89 Å². The molecule has 29 heteroatoms. The van der Waals surface area contributed by atoms with Gasteiger partial charge in [-0.1, -0.05) is 228 Å². The maximum atomic E-state index is 13.8. The largest absolute Gasteiger partial charge is 0.467 e. The summed E-state index contributed by atoms with van der Waals surface area (Å²) in [6.07, 6.45) is 18.6. The molecule has 13 unspecified atom stereocenters. The number of aromatic nitrogens is 9. The number of hydrogen-bond donors (Lipinski definition) is 3. The Labute approximate surface area is 881 Å². The fraction of sp³-hybridized carbons (Fsp3) is 0.647. The summed E-state index contributed by atoms with van der Waals surface area (Å²) in [4.78, 5) is 114. The number of H-pyrrole nitrogens is 3. The smallest absolute Gasteiger partial charge is 0.416 e. The van der Waals surface area contributed by atoms with Crippen LogP contribution in [0.3, 0.4) is 0 Å². The highest BCUT2D eigenvalue weighted by atomic mass is 17.2. The van der Waals surface area contributed by atoms with Gasteiger partial charge in [0.15, 0.2) is 23.6 Å². The molecule has 808 valence electrons. The van der Waals surface area contributed by atoms with Gasteiger partial charge in [0.05, 0.1) is 73.9 Å². The average molecular weight is 2040 g/mol. The van der Waals surface area contributed by atoms with Crippen LogP contribution in [-0.2, 0) is 74.4 Å². The number of ether oxygens (including phenoxy) is 4. The third-order valence-electron chi connectivity index (χ3n) is 31.1. The maximum absolute atomic E-state index is 13.8. The van der Waals surface area contributed by atoms with Crippen LogP contribution in [0.5, 0.6) is 17.6 Å². The number of likely N-dealkylation sites (tertiary alicyclic amines) is 1.